The summed E-state index contributed by atoms with van der Waals surface area (Å²) in [5, 5.41) is 5.22. The lowest BCUT2D eigenvalue weighted by atomic mass is 9.97. The van der Waals surface area contributed by atoms with E-state index >= 15 is 0 Å². The van der Waals surface area contributed by atoms with Gasteiger partial charge >= 0.3 is 0 Å². The molecule has 0 radical (unpaired) electrons. The summed E-state index contributed by atoms with van der Waals surface area (Å²) in [4.78, 5) is 19.4. The van der Waals surface area contributed by atoms with Crippen LogP contribution < -0.4 is 15.0 Å². The molecule has 1 aromatic heterocycles. The van der Waals surface area contributed by atoms with Crippen molar-refractivity contribution in [2.45, 2.75) is 19.4 Å². The maximum Gasteiger partial charge on any atom is 0.227 e. The predicted molar refractivity (Wildman–Crippen MR) is 118 cm³/mol. The van der Waals surface area contributed by atoms with Crippen molar-refractivity contribution >= 4 is 22.5 Å². The molecular weight excluding hydrogens is 378 g/mol. The van der Waals surface area contributed by atoms with E-state index in [9.17, 15) is 4.79 Å². The van der Waals surface area contributed by atoms with E-state index in [-0.39, 0.29) is 11.8 Å². The fourth-order valence-electron chi connectivity index (χ4n) is 3.63. The number of methoxy groups -OCH3 is 1. The number of nitrogens with one attached hydrogen (secondary N) is 1. The molecule has 6 nitrogen and oxygen atoms in total. The molecular formula is C24H27N3O3. The number of aromatic nitrogens is 1. The Hall–Kier alpha value is -3.12. The van der Waals surface area contributed by atoms with E-state index in [0.717, 1.165) is 59.8 Å². The van der Waals surface area contributed by atoms with Gasteiger partial charge in [0, 0.05) is 25.8 Å². The number of fused-ring (bicyclic) bond motifs is 1. The summed E-state index contributed by atoms with van der Waals surface area (Å²) in [7, 11) is 1.66. The van der Waals surface area contributed by atoms with Gasteiger partial charge in [-0.15, -0.1) is 0 Å². The number of ether oxygens (including phenoxy) is 2. The molecule has 1 fully saturated rings. The number of anilines is 1. The maximum absolute atomic E-state index is 12.7. The Morgan fingerprint density at radius 1 is 1.13 bits per heavy atom. The zero-order valence-electron chi connectivity index (χ0n) is 17.4. The smallest absolute Gasteiger partial charge is 0.227 e. The van der Waals surface area contributed by atoms with Crippen molar-refractivity contribution in [1.29, 1.82) is 0 Å². The van der Waals surface area contributed by atoms with E-state index in [1.807, 2.05) is 55.6 Å². The number of carbonyl (C=O) groups excluding carboxylic acids is 1. The lowest BCUT2D eigenvalue weighted by Gasteiger charge is -2.27. The minimum absolute atomic E-state index is 0.000109. The first kappa shape index (κ1) is 20.2. The highest BCUT2D eigenvalue weighted by Gasteiger charge is 2.16. The summed E-state index contributed by atoms with van der Waals surface area (Å²) in [5.74, 6) is 1.54. The minimum Gasteiger partial charge on any atom is -0.497 e. The first-order valence-electron chi connectivity index (χ1n) is 10.3. The molecule has 1 aliphatic rings. The topological polar surface area (TPSA) is 63.7 Å². The van der Waals surface area contributed by atoms with Gasteiger partial charge in [0.1, 0.15) is 11.6 Å². The molecule has 6 heteroatoms. The van der Waals surface area contributed by atoms with Crippen LogP contribution in [0.15, 0.2) is 54.7 Å². The molecule has 1 aliphatic heterocycles. The summed E-state index contributed by atoms with van der Waals surface area (Å²) in [5.41, 5.74) is 1.98. The van der Waals surface area contributed by atoms with Gasteiger partial charge in [-0.1, -0.05) is 30.3 Å². The van der Waals surface area contributed by atoms with Gasteiger partial charge in [-0.25, -0.2) is 4.98 Å². The van der Waals surface area contributed by atoms with Crippen LogP contribution in [0, 0.1) is 0 Å². The number of hydrogen-bond acceptors (Lipinski definition) is 5. The quantitative estimate of drug-likeness (QED) is 0.680. The fourth-order valence-corrected chi connectivity index (χ4v) is 3.63. The van der Waals surface area contributed by atoms with Gasteiger partial charge in [0.15, 0.2) is 0 Å². The van der Waals surface area contributed by atoms with Gasteiger partial charge in [0.05, 0.1) is 26.2 Å². The van der Waals surface area contributed by atoms with Crippen LogP contribution >= 0.6 is 0 Å². The summed E-state index contributed by atoms with van der Waals surface area (Å²) < 4.78 is 10.7. The second kappa shape index (κ2) is 9.13. The Balaban J connectivity index is 1.37. The second-order valence-electron chi connectivity index (χ2n) is 7.54. The third-order valence-electron chi connectivity index (χ3n) is 5.58. The molecule has 4 rings (SSSR count). The highest BCUT2D eigenvalue weighted by molar-refractivity contribution is 5.88. The molecule has 0 spiro atoms. The number of hydrogen-bond donors (Lipinski definition) is 1. The van der Waals surface area contributed by atoms with Crippen LogP contribution in [0.4, 0.5) is 5.82 Å². The second-order valence-corrected chi connectivity index (χ2v) is 7.54. The van der Waals surface area contributed by atoms with Crippen molar-refractivity contribution in [1.82, 2.24) is 10.3 Å². The van der Waals surface area contributed by atoms with Crippen LogP contribution in [0.5, 0.6) is 5.75 Å². The Bertz CT molecular complexity index is 1010. The monoisotopic (exact) mass is 405 g/mol. The number of rotatable bonds is 6. The molecule has 30 heavy (non-hydrogen) atoms. The third kappa shape index (κ3) is 4.54. The number of pyridine rings is 1. The van der Waals surface area contributed by atoms with Crippen molar-refractivity contribution < 1.29 is 14.3 Å². The number of carbonyl (C=O) groups is 1. The van der Waals surface area contributed by atoms with Crippen molar-refractivity contribution in [3.8, 4) is 5.75 Å². The standard InChI is InChI=1S/C24H27N3O3/c1-17(19-4-5-21-14-22(29-2)7-6-20(21)13-19)24(28)26-16-18-3-8-23(25-15-18)27-9-11-30-12-10-27/h3-8,13-15,17H,9-12,16H2,1-2H3,(H,26,28)/t17-/m0/s1. The molecule has 0 aliphatic carbocycles. The Kier molecular flexibility index (Phi) is 6.14. The molecule has 0 bridgehead atoms. The van der Waals surface area contributed by atoms with Gasteiger partial charge in [-0.2, -0.15) is 0 Å². The predicted octanol–water partition coefficient (Wildman–Crippen LogP) is 3.50. The minimum atomic E-state index is -0.239. The van der Waals surface area contributed by atoms with E-state index in [1.54, 1.807) is 7.11 Å². The zero-order valence-corrected chi connectivity index (χ0v) is 17.4. The summed E-state index contributed by atoms with van der Waals surface area (Å²) in [6.07, 6.45) is 1.83. The van der Waals surface area contributed by atoms with Gasteiger partial charge in [0.25, 0.3) is 0 Å². The molecule has 156 valence electrons. The molecule has 3 aromatic rings. The maximum atomic E-state index is 12.7. The molecule has 1 saturated heterocycles. The largest absolute Gasteiger partial charge is 0.497 e. The fraction of sp³-hybridized carbons (Fsp3) is 0.333. The molecule has 0 unspecified atom stereocenters. The van der Waals surface area contributed by atoms with Crippen molar-refractivity contribution in [2.75, 3.05) is 38.3 Å². The molecule has 2 aromatic carbocycles. The van der Waals surface area contributed by atoms with Crippen molar-refractivity contribution in [3.63, 3.8) is 0 Å². The lowest BCUT2D eigenvalue weighted by molar-refractivity contribution is -0.122. The van der Waals surface area contributed by atoms with E-state index in [0.29, 0.717) is 6.54 Å². The van der Waals surface area contributed by atoms with Crippen LogP contribution in [-0.2, 0) is 16.1 Å². The number of nitrogens with zero attached hydrogens (tertiary/aromatic N) is 2. The normalized spacial score (nSPS) is 15.1. The third-order valence-corrected chi connectivity index (χ3v) is 5.58. The molecule has 2 heterocycles. The molecule has 1 amide bonds. The van der Waals surface area contributed by atoms with E-state index in [1.165, 1.54) is 0 Å². The number of morpholine rings is 1. The van der Waals surface area contributed by atoms with E-state index < -0.39 is 0 Å². The average molecular weight is 405 g/mol. The molecule has 0 saturated carbocycles. The van der Waals surface area contributed by atoms with Crippen LogP contribution in [-0.4, -0.2) is 44.3 Å². The van der Waals surface area contributed by atoms with Crippen molar-refractivity contribution in [3.05, 3.63) is 65.9 Å². The van der Waals surface area contributed by atoms with Crippen molar-refractivity contribution in [2.24, 2.45) is 0 Å². The highest BCUT2D eigenvalue weighted by Crippen LogP contribution is 2.25. The summed E-state index contributed by atoms with van der Waals surface area (Å²) in [6, 6.07) is 16.1. The average Bonchev–Trinajstić information content (AvgIpc) is 2.82. The Labute approximate surface area is 176 Å². The van der Waals surface area contributed by atoms with E-state index in [4.69, 9.17) is 9.47 Å². The van der Waals surface area contributed by atoms with Gasteiger partial charge in [-0.05, 0) is 47.0 Å². The van der Waals surface area contributed by atoms with Gasteiger partial charge in [0.2, 0.25) is 5.91 Å². The first-order chi connectivity index (χ1) is 14.6. The summed E-state index contributed by atoms with van der Waals surface area (Å²) in [6.45, 7) is 5.59. The zero-order chi connectivity index (χ0) is 20.9. The Morgan fingerprint density at radius 3 is 2.63 bits per heavy atom. The van der Waals surface area contributed by atoms with Gasteiger partial charge in [-0.3, -0.25) is 4.79 Å². The highest BCUT2D eigenvalue weighted by atomic mass is 16.5. The first-order valence-corrected chi connectivity index (χ1v) is 10.3. The SMILES string of the molecule is COc1ccc2cc([C@H](C)C(=O)NCc3ccc(N4CCOCC4)nc3)ccc2c1. The lowest BCUT2D eigenvalue weighted by Crippen LogP contribution is -2.36. The Morgan fingerprint density at radius 2 is 1.90 bits per heavy atom. The van der Waals surface area contributed by atoms with Crippen LogP contribution in [0.3, 0.4) is 0 Å². The van der Waals surface area contributed by atoms with Gasteiger partial charge < -0.3 is 19.7 Å². The number of benzene rings is 2. The van der Waals surface area contributed by atoms with Crippen LogP contribution in [0.2, 0.25) is 0 Å². The van der Waals surface area contributed by atoms with Crippen LogP contribution in [0.1, 0.15) is 24.0 Å². The van der Waals surface area contributed by atoms with E-state index in [2.05, 4.69) is 21.3 Å². The molecule has 1 N–H and O–H groups in total. The van der Waals surface area contributed by atoms with Crippen LogP contribution in [0.25, 0.3) is 10.8 Å². The summed E-state index contributed by atoms with van der Waals surface area (Å²) >= 11 is 0. The molecule has 1 atom stereocenters. The number of amides is 1.